The van der Waals surface area contributed by atoms with E-state index < -0.39 is 69.9 Å². The van der Waals surface area contributed by atoms with Crippen molar-refractivity contribution in [3.63, 3.8) is 0 Å². The second-order valence-corrected chi connectivity index (χ2v) is 6.45. The molecule has 0 aromatic rings. The van der Waals surface area contributed by atoms with E-state index >= 15 is 0 Å². The predicted molar refractivity (Wildman–Crippen MR) is 76.0 cm³/mol. The van der Waals surface area contributed by atoms with Crippen LogP contribution in [0, 0.1) is 0 Å². The van der Waals surface area contributed by atoms with Crippen LogP contribution >= 0.6 is 0 Å². The van der Waals surface area contributed by atoms with Crippen molar-refractivity contribution in [2.75, 3.05) is 6.54 Å². The maximum Gasteiger partial charge on any atom is 0.312 e. The molecule has 1 aliphatic heterocycles. The zero-order chi connectivity index (χ0) is 19.4. The lowest BCUT2D eigenvalue weighted by atomic mass is 10.3. The van der Waals surface area contributed by atoms with Gasteiger partial charge in [-0.25, -0.2) is 13.2 Å². The molecule has 1 aliphatic rings. The van der Waals surface area contributed by atoms with E-state index in [-0.39, 0.29) is 0 Å². The third kappa shape index (κ3) is 5.53. The Morgan fingerprint density at radius 1 is 1.32 bits per heavy atom. The smallest absolute Gasteiger partial charge is 0.312 e. The first-order chi connectivity index (χ1) is 11.5. The molecule has 0 fully saturated rings. The molecular weight excluding hydrogens is 371 g/mol. The molecule has 12 heteroatoms. The summed E-state index contributed by atoms with van der Waals surface area (Å²) in [7, 11) is -4.94. The number of imide groups is 1. The van der Waals surface area contributed by atoms with E-state index in [1.807, 2.05) is 0 Å². The first kappa shape index (κ1) is 20.6. The summed E-state index contributed by atoms with van der Waals surface area (Å²) < 4.78 is 74.2. The zero-order valence-corrected chi connectivity index (χ0v) is 13.4. The van der Waals surface area contributed by atoms with E-state index in [9.17, 15) is 36.0 Å². The minimum absolute atomic E-state index is 0.435. The van der Waals surface area contributed by atoms with Crippen molar-refractivity contribution in [3.8, 4) is 0 Å². The quantitative estimate of drug-likeness (QED) is 0.230. The van der Waals surface area contributed by atoms with Crippen LogP contribution in [-0.2, 0) is 29.2 Å². The van der Waals surface area contributed by atoms with Gasteiger partial charge in [0.2, 0.25) is 0 Å². The highest BCUT2D eigenvalue weighted by Crippen LogP contribution is 2.21. The number of rotatable bonds is 7. The lowest BCUT2D eigenvalue weighted by Gasteiger charge is -2.19. The summed E-state index contributed by atoms with van der Waals surface area (Å²) in [6.07, 6.45) is -0.154. The molecule has 2 amide bonds. The van der Waals surface area contributed by atoms with Crippen molar-refractivity contribution >= 4 is 27.9 Å². The van der Waals surface area contributed by atoms with Crippen molar-refractivity contribution in [3.05, 3.63) is 35.9 Å². The van der Waals surface area contributed by atoms with E-state index in [1.165, 1.54) is 0 Å². The molecular formula is C13H12F3NO7S. The molecule has 0 aromatic carbocycles. The summed E-state index contributed by atoms with van der Waals surface area (Å²) in [5.74, 6) is -7.96. The van der Waals surface area contributed by atoms with Gasteiger partial charge in [-0.05, 0) is 6.92 Å². The molecule has 0 aromatic heterocycles. The van der Waals surface area contributed by atoms with Gasteiger partial charge in [0.05, 0.1) is 6.42 Å². The Balaban J connectivity index is 2.93. The van der Waals surface area contributed by atoms with Crippen LogP contribution in [0.25, 0.3) is 0 Å². The minimum atomic E-state index is -4.94. The monoisotopic (exact) mass is 383 g/mol. The number of hydrogen-bond donors (Lipinski definition) is 1. The summed E-state index contributed by atoms with van der Waals surface area (Å²) >= 11 is 0. The molecule has 1 atom stereocenters. The summed E-state index contributed by atoms with van der Waals surface area (Å²) in [6, 6.07) is 0. The molecule has 1 N–H and O–H groups in total. The molecule has 0 bridgehead atoms. The van der Waals surface area contributed by atoms with Crippen molar-refractivity contribution in [2.24, 2.45) is 0 Å². The number of ether oxygens (including phenoxy) is 1. The fourth-order valence-electron chi connectivity index (χ4n) is 1.75. The van der Waals surface area contributed by atoms with Crippen molar-refractivity contribution in [1.29, 1.82) is 0 Å². The maximum absolute atomic E-state index is 13.0. The van der Waals surface area contributed by atoms with Crippen LogP contribution in [-0.4, -0.2) is 47.4 Å². The first-order valence-electron chi connectivity index (χ1n) is 6.50. The van der Waals surface area contributed by atoms with E-state index in [1.54, 1.807) is 0 Å². The van der Waals surface area contributed by atoms with Crippen LogP contribution in [0.2, 0.25) is 0 Å². The molecule has 1 heterocycles. The number of carbonyl (C=O) groups is 3. The number of carbonyl (C=O) groups excluding carboxylic acids is 3. The Labute approximate surface area is 140 Å². The first-order valence-corrected chi connectivity index (χ1v) is 8.00. The molecule has 1 rings (SSSR count). The van der Waals surface area contributed by atoms with Crippen LogP contribution in [0.3, 0.4) is 0 Å². The third-order valence-electron chi connectivity index (χ3n) is 2.94. The average Bonchev–Trinajstić information content (AvgIpc) is 2.81. The normalized spacial score (nSPS) is 17.6. The van der Waals surface area contributed by atoms with Gasteiger partial charge in [0.1, 0.15) is 17.4 Å². The SMILES string of the molecule is CC(F)=C(OC(=O)CC(CN1C(=O)C=CC1=O)S(=O)(=O)O)C(F)=CF. The average molecular weight is 383 g/mol. The molecule has 1 unspecified atom stereocenters. The number of halogens is 3. The van der Waals surface area contributed by atoms with E-state index in [4.69, 9.17) is 4.55 Å². The highest BCUT2D eigenvalue weighted by atomic mass is 32.2. The predicted octanol–water partition coefficient (Wildman–Crippen LogP) is 1.08. The largest absolute Gasteiger partial charge is 0.420 e. The fraction of sp³-hybridized carbons (Fsp3) is 0.308. The van der Waals surface area contributed by atoms with Gasteiger partial charge in [-0.2, -0.15) is 8.42 Å². The van der Waals surface area contributed by atoms with Crippen molar-refractivity contribution < 1.29 is 45.3 Å². The number of allylic oxidation sites excluding steroid dienone is 2. The van der Waals surface area contributed by atoms with Crippen molar-refractivity contribution in [2.45, 2.75) is 18.6 Å². The standard InChI is InChI=1S/C13H12F3NO7S/c1-7(15)13(9(16)5-14)24-12(20)4-8(25(21,22)23)6-17-10(18)2-3-11(17)19/h2-3,5,8H,4,6H2,1H3,(H,21,22,23). The zero-order valence-electron chi connectivity index (χ0n) is 12.6. The lowest BCUT2D eigenvalue weighted by molar-refractivity contribution is -0.141. The van der Waals surface area contributed by atoms with Gasteiger partial charge in [0, 0.05) is 18.7 Å². The van der Waals surface area contributed by atoms with E-state index in [0.717, 1.165) is 12.2 Å². The molecule has 0 aliphatic carbocycles. The van der Waals surface area contributed by atoms with Gasteiger partial charge in [0.15, 0.2) is 11.6 Å². The van der Waals surface area contributed by atoms with Gasteiger partial charge >= 0.3 is 5.97 Å². The van der Waals surface area contributed by atoms with E-state index in [2.05, 4.69) is 4.74 Å². The van der Waals surface area contributed by atoms with Gasteiger partial charge < -0.3 is 4.74 Å². The Morgan fingerprint density at radius 3 is 2.24 bits per heavy atom. The van der Waals surface area contributed by atoms with Gasteiger partial charge in [-0.15, -0.1) is 0 Å². The second kappa shape index (κ2) is 8.07. The molecule has 8 nitrogen and oxygen atoms in total. The minimum Gasteiger partial charge on any atom is -0.420 e. The molecule has 0 saturated carbocycles. The van der Waals surface area contributed by atoms with Crippen molar-refractivity contribution in [1.82, 2.24) is 4.90 Å². The number of esters is 1. The highest BCUT2D eigenvalue weighted by molar-refractivity contribution is 7.86. The van der Waals surface area contributed by atoms with Crippen LogP contribution in [0.1, 0.15) is 13.3 Å². The molecule has 138 valence electrons. The Morgan fingerprint density at radius 2 is 1.84 bits per heavy atom. The lowest BCUT2D eigenvalue weighted by Crippen LogP contribution is -2.41. The topological polar surface area (TPSA) is 118 Å². The molecule has 0 spiro atoms. The Hall–Kier alpha value is -2.47. The highest BCUT2D eigenvalue weighted by Gasteiger charge is 2.34. The van der Waals surface area contributed by atoms with Gasteiger partial charge in [-0.3, -0.25) is 23.8 Å². The van der Waals surface area contributed by atoms with Crippen LogP contribution in [0.5, 0.6) is 0 Å². The summed E-state index contributed by atoms with van der Waals surface area (Å²) in [6.45, 7) is -0.243. The van der Waals surface area contributed by atoms with Crippen LogP contribution < -0.4 is 0 Å². The summed E-state index contributed by atoms with van der Waals surface area (Å²) in [4.78, 5) is 34.9. The maximum atomic E-state index is 13.0. The van der Waals surface area contributed by atoms with Crippen LogP contribution in [0.15, 0.2) is 35.9 Å². The molecule has 0 radical (unpaired) electrons. The number of hydrogen-bond acceptors (Lipinski definition) is 6. The Kier molecular flexibility index (Phi) is 6.64. The number of nitrogens with zero attached hydrogens (tertiary/aromatic N) is 1. The third-order valence-corrected chi connectivity index (χ3v) is 4.10. The summed E-state index contributed by atoms with van der Waals surface area (Å²) in [5, 5.41) is -2.01. The van der Waals surface area contributed by atoms with Gasteiger partial charge in [0.25, 0.3) is 21.9 Å². The van der Waals surface area contributed by atoms with Crippen LogP contribution in [0.4, 0.5) is 13.2 Å². The molecule has 25 heavy (non-hydrogen) atoms. The molecule has 0 saturated heterocycles. The second-order valence-electron chi connectivity index (χ2n) is 4.76. The fourth-order valence-corrected chi connectivity index (χ4v) is 2.44. The number of amides is 2. The van der Waals surface area contributed by atoms with Gasteiger partial charge in [-0.1, -0.05) is 0 Å². The summed E-state index contributed by atoms with van der Waals surface area (Å²) in [5.41, 5.74) is 0. The Bertz CT molecular complexity index is 763. The van der Waals surface area contributed by atoms with E-state index in [0.29, 0.717) is 11.8 Å².